The minimum Gasteiger partial charge on any atom is -0.481 e. The van der Waals surface area contributed by atoms with Gasteiger partial charge in [0.15, 0.2) is 6.10 Å². The number of aliphatic hydroxyl groups is 1. The number of aryl methyl sites for hydroxylation is 1. The number of benzene rings is 2. The van der Waals surface area contributed by atoms with Gasteiger partial charge >= 0.3 is 0 Å². The summed E-state index contributed by atoms with van der Waals surface area (Å²) in [5.74, 6) is 0.0862. The predicted octanol–water partition coefficient (Wildman–Crippen LogP) is 3.28. The summed E-state index contributed by atoms with van der Waals surface area (Å²) in [7, 11) is 0. The smallest absolute Gasteiger partial charge is 0.261 e. The van der Waals surface area contributed by atoms with Crippen LogP contribution in [0.3, 0.4) is 0 Å². The lowest BCUT2D eigenvalue weighted by atomic mass is 9.87. The molecule has 5 heteroatoms. The molecule has 0 aromatic heterocycles. The van der Waals surface area contributed by atoms with Crippen molar-refractivity contribution in [2.75, 3.05) is 0 Å². The maximum absolute atomic E-state index is 13.4. The zero-order valence-electron chi connectivity index (χ0n) is 14.2. The zero-order chi connectivity index (χ0) is 17.8. The Morgan fingerprint density at radius 1 is 1.36 bits per heavy atom. The molecule has 0 spiro atoms. The zero-order valence-corrected chi connectivity index (χ0v) is 14.2. The van der Waals surface area contributed by atoms with Crippen molar-refractivity contribution in [3.8, 4) is 5.75 Å². The summed E-state index contributed by atoms with van der Waals surface area (Å²) < 4.78 is 19.1. The third-order valence-corrected chi connectivity index (χ3v) is 4.50. The van der Waals surface area contributed by atoms with Gasteiger partial charge in [0.25, 0.3) is 5.91 Å². The lowest BCUT2D eigenvalue weighted by molar-refractivity contribution is -0.128. The summed E-state index contributed by atoms with van der Waals surface area (Å²) in [6.45, 7) is 1.61. The fourth-order valence-corrected chi connectivity index (χ4v) is 3.20. The molecule has 0 aliphatic heterocycles. The summed E-state index contributed by atoms with van der Waals surface area (Å²) in [5.41, 5.74) is 2.67. The fraction of sp³-hybridized carbons (Fsp3) is 0.350. The molecule has 0 saturated heterocycles. The van der Waals surface area contributed by atoms with Crippen LogP contribution in [0.25, 0.3) is 0 Å². The third-order valence-electron chi connectivity index (χ3n) is 4.50. The Labute approximate surface area is 146 Å². The first-order chi connectivity index (χ1) is 12.1. The molecule has 1 aliphatic carbocycles. The van der Waals surface area contributed by atoms with Gasteiger partial charge in [-0.2, -0.15) is 0 Å². The van der Waals surface area contributed by atoms with E-state index in [4.69, 9.17) is 4.74 Å². The van der Waals surface area contributed by atoms with Crippen LogP contribution in [0, 0.1) is 5.82 Å². The van der Waals surface area contributed by atoms with Crippen molar-refractivity contribution in [3.05, 3.63) is 65.0 Å². The SMILES string of the molecule is CC(Oc1cccc(CO)c1)C(=O)NC1CCCc2cc(F)ccc21. The largest absolute Gasteiger partial charge is 0.481 e. The van der Waals surface area contributed by atoms with Crippen molar-refractivity contribution >= 4 is 5.91 Å². The minimum atomic E-state index is -0.667. The lowest BCUT2D eigenvalue weighted by Gasteiger charge is -2.27. The molecule has 0 fully saturated rings. The molecule has 2 N–H and O–H groups in total. The van der Waals surface area contributed by atoms with Gasteiger partial charge in [-0.1, -0.05) is 18.2 Å². The van der Waals surface area contributed by atoms with Gasteiger partial charge in [-0.3, -0.25) is 4.79 Å². The van der Waals surface area contributed by atoms with Crippen LogP contribution in [-0.4, -0.2) is 17.1 Å². The highest BCUT2D eigenvalue weighted by molar-refractivity contribution is 5.81. The molecule has 2 aromatic rings. The fourth-order valence-electron chi connectivity index (χ4n) is 3.20. The summed E-state index contributed by atoms with van der Waals surface area (Å²) in [6.07, 6.45) is 1.91. The Kier molecular flexibility index (Phi) is 5.34. The van der Waals surface area contributed by atoms with E-state index in [1.54, 1.807) is 43.3 Å². The second-order valence-corrected chi connectivity index (χ2v) is 6.36. The van der Waals surface area contributed by atoms with Gasteiger partial charge in [-0.15, -0.1) is 0 Å². The van der Waals surface area contributed by atoms with E-state index < -0.39 is 6.10 Å². The van der Waals surface area contributed by atoms with E-state index in [0.717, 1.165) is 36.0 Å². The predicted molar refractivity (Wildman–Crippen MR) is 92.7 cm³/mol. The van der Waals surface area contributed by atoms with Gasteiger partial charge in [0.2, 0.25) is 0 Å². The van der Waals surface area contributed by atoms with Crippen LogP contribution < -0.4 is 10.1 Å². The topological polar surface area (TPSA) is 58.6 Å². The summed E-state index contributed by atoms with van der Waals surface area (Å²) >= 11 is 0. The van der Waals surface area contributed by atoms with Crippen LogP contribution in [0.1, 0.15) is 42.5 Å². The van der Waals surface area contributed by atoms with Crippen LogP contribution in [0.4, 0.5) is 4.39 Å². The van der Waals surface area contributed by atoms with Gasteiger partial charge in [0.1, 0.15) is 11.6 Å². The second kappa shape index (κ2) is 7.66. The maximum Gasteiger partial charge on any atom is 0.261 e. The highest BCUT2D eigenvalue weighted by Crippen LogP contribution is 2.30. The molecule has 0 heterocycles. The molecular weight excluding hydrogens is 321 g/mol. The number of amides is 1. The van der Waals surface area contributed by atoms with Crippen molar-refractivity contribution < 1.29 is 19.0 Å². The first kappa shape index (κ1) is 17.4. The Morgan fingerprint density at radius 3 is 3.00 bits per heavy atom. The van der Waals surface area contributed by atoms with Gasteiger partial charge < -0.3 is 15.2 Å². The van der Waals surface area contributed by atoms with Crippen molar-refractivity contribution in [3.63, 3.8) is 0 Å². The number of aliphatic hydroxyl groups excluding tert-OH is 1. The highest BCUT2D eigenvalue weighted by atomic mass is 19.1. The van der Waals surface area contributed by atoms with Crippen molar-refractivity contribution in [1.29, 1.82) is 0 Å². The molecule has 1 amide bonds. The van der Waals surface area contributed by atoms with Gasteiger partial charge in [-0.25, -0.2) is 4.39 Å². The summed E-state index contributed by atoms with van der Waals surface area (Å²) in [4.78, 5) is 12.5. The van der Waals surface area contributed by atoms with E-state index in [9.17, 15) is 14.3 Å². The highest BCUT2D eigenvalue weighted by Gasteiger charge is 2.25. The van der Waals surface area contributed by atoms with Crippen LogP contribution in [0.5, 0.6) is 5.75 Å². The first-order valence-corrected chi connectivity index (χ1v) is 8.52. The van der Waals surface area contributed by atoms with Crippen LogP contribution in [0.2, 0.25) is 0 Å². The number of fused-ring (bicyclic) bond motifs is 1. The van der Waals surface area contributed by atoms with Crippen molar-refractivity contribution in [1.82, 2.24) is 5.32 Å². The van der Waals surface area contributed by atoms with Crippen LogP contribution in [-0.2, 0) is 17.8 Å². The number of hydrogen-bond donors (Lipinski definition) is 2. The minimum absolute atomic E-state index is 0.0762. The molecule has 25 heavy (non-hydrogen) atoms. The first-order valence-electron chi connectivity index (χ1n) is 8.52. The second-order valence-electron chi connectivity index (χ2n) is 6.36. The number of halogens is 1. The maximum atomic E-state index is 13.4. The Hall–Kier alpha value is -2.40. The van der Waals surface area contributed by atoms with E-state index in [-0.39, 0.29) is 24.4 Å². The van der Waals surface area contributed by atoms with E-state index in [2.05, 4.69) is 5.32 Å². The molecule has 4 nitrogen and oxygen atoms in total. The van der Waals surface area contributed by atoms with E-state index >= 15 is 0 Å². The molecule has 0 saturated carbocycles. The normalized spacial score (nSPS) is 17.5. The molecule has 0 bridgehead atoms. The monoisotopic (exact) mass is 343 g/mol. The Balaban J connectivity index is 1.66. The van der Waals surface area contributed by atoms with Gasteiger partial charge in [-0.05, 0) is 67.1 Å². The quantitative estimate of drug-likeness (QED) is 0.876. The summed E-state index contributed by atoms with van der Waals surface area (Å²) in [5, 5.41) is 12.2. The van der Waals surface area contributed by atoms with Crippen LogP contribution >= 0.6 is 0 Å². The third kappa shape index (κ3) is 4.17. The molecule has 2 unspecified atom stereocenters. The van der Waals surface area contributed by atoms with E-state index in [0.29, 0.717) is 5.75 Å². The average Bonchev–Trinajstić information content (AvgIpc) is 2.61. The number of nitrogens with one attached hydrogen (secondary N) is 1. The summed E-state index contributed by atoms with van der Waals surface area (Å²) in [6, 6.07) is 11.6. The molecule has 2 atom stereocenters. The molecule has 0 radical (unpaired) electrons. The number of carbonyl (C=O) groups is 1. The number of carbonyl (C=O) groups excluding carboxylic acids is 1. The van der Waals surface area contributed by atoms with Crippen LogP contribution in [0.15, 0.2) is 42.5 Å². The lowest BCUT2D eigenvalue weighted by Crippen LogP contribution is -2.39. The molecule has 132 valence electrons. The average molecular weight is 343 g/mol. The molecular formula is C20H22FNO3. The Morgan fingerprint density at radius 2 is 2.20 bits per heavy atom. The molecule has 1 aliphatic rings. The number of hydrogen-bond acceptors (Lipinski definition) is 3. The molecule has 2 aromatic carbocycles. The van der Waals surface area contributed by atoms with Crippen molar-refractivity contribution in [2.24, 2.45) is 0 Å². The Bertz CT molecular complexity index is 762. The molecule has 3 rings (SSSR count). The van der Waals surface area contributed by atoms with Gasteiger partial charge in [0.05, 0.1) is 12.6 Å². The van der Waals surface area contributed by atoms with Gasteiger partial charge in [0, 0.05) is 0 Å². The number of ether oxygens (including phenoxy) is 1. The number of rotatable bonds is 5. The van der Waals surface area contributed by atoms with Crippen molar-refractivity contribution in [2.45, 2.75) is 44.9 Å². The van der Waals surface area contributed by atoms with E-state index in [1.165, 1.54) is 6.07 Å². The van der Waals surface area contributed by atoms with E-state index in [1.807, 2.05) is 0 Å². The standard InChI is InChI=1S/C20H22FNO3/c1-13(25-17-6-2-4-14(10-17)12-23)20(24)22-19-7-3-5-15-11-16(21)8-9-18(15)19/h2,4,6,8-11,13,19,23H,3,5,7,12H2,1H3,(H,22,24).